The molecule has 0 aliphatic carbocycles. The molecule has 1 aromatic carbocycles. The molecule has 2 N–H and O–H groups in total. The Labute approximate surface area is 189 Å². The lowest BCUT2D eigenvalue weighted by Gasteiger charge is -2.16. The molecule has 0 saturated carbocycles. The fourth-order valence-electron chi connectivity index (χ4n) is 4.01. The summed E-state index contributed by atoms with van der Waals surface area (Å²) in [4.78, 5) is 28.7. The van der Waals surface area contributed by atoms with Crippen LogP contribution < -0.4 is 15.4 Å². The minimum absolute atomic E-state index is 0.0779. The van der Waals surface area contributed by atoms with Gasteiger partial charge in [0.25, 0.3) is 0 Å². The summed E-state index contributed by atoms with van der Waals surface area (Å²) >= 11 is 3.22. The molecule has 4 rings (SSSR count). The van der Waals surface area contributed by atoms with Gasteiger partial charge in [-0.3, -0.25) is 4.79 Å². The van der Waals surface area contributed by atoms with Gasteiger partial charge in [-0.25, -0.2) is 9.78 Å². The maximum atomic E-state index is 12.7. The van der Waals surface area contributed by atoms with Crippen LogP contribution >= 0.6 is 23.1 Å². The number of hydrogen-bond acceptors (Lipinski definition) is 7. The number of amides is 2. The largest absolute Gasteiger partial charge is 0.497 e. The summed E-state index contributed by atoms with van der Waals surface area (Å²) in [7, 11) is 1.62. The van der Waals surface area contributed by atoms with Crippen molar-refractivity contribution >= 4 is 34.9 Å². The summed E-state index contributed by atoms with van der Waals surface area (Å²) in [6, 6.07) is 10.0. The van der Waals surface area contributed by atoms with E-state index in [-0.39, 0.29) is 23.9 Å². The summed E-state index contributed by atoms with van der Waals surface area (Å²) in [5.74, 6) is 0.804. The van der Waals surface area contributed by atoms with E-state index in [1.54, 1.807) is 7.11 Å². The number of nitriles is 1. The number of urea groups is 1. The quantitative estimate of drug-likeness (QED) is 0.440. The molecule has 9 heteroatoms. The summed E-state index contributed by atoms with van der Waals surface area (Å²) in [5, 5.41) is 18.3. The summed E-state index contributed by atoms with van der Waals surface area (Å²) in [5.41, 5.74) is 1.68. The second-order valence-corrected chi connectivity index (χ2v) is 9.86. The summed E-state index contributed by atoms with van der Waals surface area (Å²) in [6.07, 6.45) is 2.96. The summed E-state index contributed by atoms with van der Waals surface area (Å²) < 4.78 is 5.17. The number of ketones is 1. The highest BCUT2D eigenvalue weighted by atomic mass is 32.2. The number of thioether (sulfide) groups is 1. The third kappa shape index (κ3) is 4.86. The maximum Gasteiger partial charge on any atom is 0.315 e. The van der Waals surface area contributed by atoms with Gasteiger partial charge < -0.3 is 15.4 Å². The van der Waals surface area contributed by atoms with Crippen molar-refractivity contribution in [3.63, 3.8) is 0 Å². The molecular weight excluding hydrogens is 432 g/mol. The lowest BCUT2D eigenvalue weighted by atomic mass is 9.98. The Hall–Kier alpha value is -2.57. The molecule has 2 saturated heterocycles. The van der Waals surface area contributed by atoms with E-state index in [1.165, 1.54) is 11.3 Å². The number of rotatable bonds is 9. The van der Waals surface area contributed by atoms with Gasteiger partial charge in [0.05, 0.1) is 31.0 Å². The average molecular weight is 457 g/mol. The number of carbonyl (C=O) groups is 2. The fourth-order valence-corrected chi connectivity index (χ4v) is 6.45. The van der Waals surface area contributed by atoms with Crippen LogP contribution in [0.5, 0.6) is 5.75 Å². The number of benzene rings is 1. The first-order valence-corrected chi connectivity index (χ1v) is 12.2. The first kappa shape index (κ1) is 21.7. The fraction of sp³-hybridized carbons (Fsp3) is 0.455. The van der Waals surface area contributed by atoms with Crippen LogP contribution in [0.15, 0.2) is 29.6 Å². The molecule has 31 heavy (non-hydrogen) atoms. The first-order valence-electron chi connectivity index (χ1n) is 10.3. The molecule has 0 bridgehead atoms. The Morgan fingerprint density at radius 1 is 1.32 bits per heavy atom. The number of fused-ring (bicyclic) bond motifs is 1. The Morgan fingerprint density at radius 3 is 2.87 bits per heavy atom. The zero-order valence-corrected chi connectivity index (χ0v) is 18.8. The lowest BCUT2D eigenvalue weighted by molar-refractivity contribution is -0.119. The second kappa shape index (κ2) is 9.71. The molecule has 0 unspecified atom stereocenters. The molecule has 1 aromatic heterocycles. The van der Waals surface area contributed by atoms with Crippen LogP contribution in [-0.4, -0.2) is 47.0 Å². The minimum Gasteiger partial charge on any atom is -0.497 e. The number of Topliss-reactive ketones (excluding diaryl/α,β-unsaturated/α-hetero) is 1. The molecule has 7 nitrogen and oxygen atoms in total. The third-order valence-electron chi connectivity index (χ3n) is 5.71. The van der Waals surface area contributed by atoms with Crippen molar-refractivity contribution in [2.24, 2.45) is 0 Å². The Morgan fingerprint density at radius 2 is 2.13 bits per heavy atom. The van der Waals surface area contributed by atoms with Gasteiger partial charge in [-0.2, -0.15) is 17.0 Å². The Balaban J connectivity index is 1.28. The van der Waals surface area contributed by atoms with Crippen molar-refractivity contribution < 1.29 is 14.3 Å². The number of hydrogen-bond donors (Lipinski definition) is 2. The SMILES string of the molecule is COc1ccc(-c2csc([C@H](C#N)C(=O)CCCC[C@@H]3SC[C@H]4NC(=O)N[C@@H]34)n2)cc1. The summed E-state index contributed by atoms with van der Waals surface area (Å²) in [6.45, 7) is 0. The maximum absolute atomic E-state index is 12.7. The second-order valence-electron chi connectivity index (χ2n) is 7.70. The van der Waals surface area contributed by atoms with Gasteiger partial charge >= 0.3 is 6.03 Å². The van der Waals surface area contributed by atoms with Crippen LogP contribution in [0.25, 0.3) is 11.3 Å². The number of unbranched alkanes of at least 4 members (excludes halogenated alkanes) is 1. The van der Waals surface area contributed by atoms with Crippen molar-refractivity contribution in [3.8, 4) is 23.1 Å². The van der Waals surface area contributed by atoms with Crippen LogP contribution in [-0.2, 0) is 4.79 Å². The zero-order valence-electron chi connectivity index (χ0n) is 17.2. The topological polar surface area (TPSA) is 104 Å². The highest BCUT2D eigenvalue weighted by Gasteiger charge is 2.42. The van der Waals surface area contributed by atoms with Crippen LogP contribution in [0.1, 0.15) is 36.6 Å². The smallest absolute Gasteiger partial charge is 0.315 e. The lowest BCUT2D eigenvalue weighted by Crippen LogP contribution is -2.36. The number of nitrogens with zero attached hydrogens (tertiary/aromatic N) is 2. The number of nitrogens with one attached hydrogen (secondary N) is 2. The molecule has 0 spiro atoms. The number of carbonyl (C=O) groups excluding carboxylic acids is 2. The molecule has 2 aliphatic rings. The molecule has 2 aliphatic heterocycles. The van der Waals surface area contributed by atoms with Gasteiger partial charge in [0.1, 0.15) is 10.8 Å². The van der Waals surface area contributed by atoms with Crippen molar-refractivity contribution in [1.82, 2.24) is 15.6 Å². The number of aromatic nitrogens is 1. The number of ether oxygens (including phenoxy) is 1. The molecule has 2 amide bonds. The predicted octanol–water partition coefficient (Wildman–Crippen LogP) is 3.72. The van der Waals surface area contributed by atoms with Crippen molar-refractivity contribution in [2.45, 2.75) is 48.9 Å². The van der Waals surface area contributed by atoms with E-state index < -0.39 is 5.92 Å². The van der Waals surface area contributed by atoms with Gasteiger partial charge in [-0.15, -0.1) is 11.3 Å². The van der Waals surface area contributed by atoms with E-state index in [0.717, 1.165) is 42.0 Å². The van der Waals surface area contributed by atoms with E-state index >= 15 is 0 Å². The number of methoxy groups -OCH3 is 1. The monoisotopic (exact) mass is 456 g/mol. The minimum atomic E-state index is -0.819. The molecule has 2 aromatic rings. The van der Waals surface area contributed by atoms with Gasteiger partial charge in [0, 0.05) is 28.4 Å². The molecule has 162 valence electrons. The van der Waals surface area contributed by atoms with Gasteiger partial charge in [-0.1, -0.05) is 6.42 Å². The van der Waals surface area contributed by atoms with E-state index in [1.807, 2.05) is 41.4 Å². The van der Waals surface area contributed by atoms with Crippen molar-refractivity contribution in [1.29, 1.82) is 5.26 Å². The zero-order chi connectivity index (χ0) is 21.8. The number of thiazole rings is 1. The van der Waals surface area contributed by atoms with E-state index in [0.29, 0.717) is 16.7 Å². The predicted molar refractivity (Wildman–Crippen MR) is 121 cm³/mol. The van der Waals surface area contributed by atoms with Crippen molar-refractivity contribution in [3.05, 3.63) is 34.7 Å². The van der Waals surface area contributed by atoms with E-state index in [2.05, 4.69) is 21.7 Å². The Kier molecular flexibility index (Phi) is 6.78. The van der Waals surface area contributed by atoms with Gasteiger partial charge in [0.15, 0.2) is 11.7 Å². The van der Waals surface area contributed by atoms with Crippen LogP contribution in [0, 0.1) is 11.3 Å². The average Bonchev–Trinajstić information content (AvgIpc) is 3.49. The highest BCUT2D eigenvalue weighted by molar-refractivity contribution is 8.00. The highest BCUT2D eigenvalue weighted by Crippen LogP contribution is 2.33. The van der Waals surface area contributed by atoms with Crippen LogP contribution in [0.4, 0.5) is 4.79 Å². The molecular formula is C22H24N4O3S2. The van der Waals surface area contributed by atoms with E-state index in [9.17, 15) is 14.9 Å². The van der Waals surface area contributed by atoms with Gasteiger partial charge in [0.2, 0.25) is 0 Å². The van der Waals surface area contributed by atoms with Crippen LogP contribution in [0.2, 0.25) is 0 Å². The molecule has 4 atom stereocenters. The van der Waals surface area contributed by atoms with Crippen molar-refractivity contribution in [2.75, 3.05) is 12.9 Å². The third-order valence-corrected chi connectivity index (χ3v) is 8.12. The normalized spacial score (nSPS) is 22.8. The van der Waals surface area contributed by atoms with Crippen LogP contribution in [0.3, 0.4) is 0 Å². The first-order chi connectivity index (χ1) is 15.1. The van der Waals surface area contributed by atoms with Gasteiger partial charge in [-0.05, 0) is 37.1 Å². The standard InChI is InChI=1S/C22H24N4O3S2/c1-29-14-8-6-13(7-9-14)16-11-31-21(24-16)15(10-23)18(27)4-2-3-5-19-20-17(12-30-19)25-22(28)26-20/h6-9,11,15,17,19-20H,2-5,12H2,1H3,(H2,25,26,28)/t15-,17-,19+,20-/m1/s1. The van der Waals surface area contributed by atoms with E-state index in [4.69, 9.17) is 4.74 Å². The molecule has 3 heterocycles. The molecule has 2 fully saturated rings. The molecule has 0 radical (unpaired) electrons. The Bertz CT molecular complexity index is 985.